The molecule has 1 heterocycles. The first-order valence-electron chi connectivity index (χ1n) is 6.51. The zero-order valence-corrected chi connectivity index (χ0v) is 14.1. The molecule has 3 N–H and O–H groups in total. The molecule has 6 nitrogen and oxygen atoms in total. The number of hydrogen-bond donors (Lipinski definition) is 3. The summed E-state index contributed by atoms with van der Waals surface area (Å²) in [5.74, 6) is 0.717. The van der Waals surface area contributed by atoms with E-state index in [2.05, 4.69) is 15.6 Å². The number of halogens is 1. The predicted octanol–water partition coefficient (Wildman–Crippen LogP) is 0.347. The molecule has 1 saturated heterocycles. The number of nitrogens with zero attached hydrogens (tertiary/aromatic N) is 1. The Labute approximate surface area is 132 Å². The molecule has 1 fully saturated rings. The highest BCUT2D eigenvalue weighted by Crippen LogP contribution is 2.20. The van der Waals surface area contributed by atoms with E-state index >= 15 is 0 Å². The molecule has 19 heavy (non-hydrogen) atoms. The van der Waals surface area contributed by atoms with Crippen LogP contribution < -0.4 is 10.6 Å². The normalized spacial score (nSPS) is 18.6. The Hall–Kier alpha value is -0.120. The van der Waals surface area contributed by atoms with Gasteiger partial charge in [-0.2, -0.15) is 0 Å². The maximum absolute atomic E-state index is 10.3. The Morgan fingerprint density at radius 3 is 2.63 bits per heavy atom. The second-order valence-corrected chi connectivity index (χ2v) is 4.45. The Morgan fingerprint density at radius 1 is 1.37 bits per heavy atom. The van der Waals surface area contributed by atoms with Gasteiger partial charge in [-0.05, 0) is 6.92 Å². The second-order valence-electron chi connectivity index (χ2n) is 4.45. The lowest BCUT2D eigenvalue weighted by Crippen LogP contribution is -2.43. The summed E-state index contributed by atoms with van der Waals surface area (Å²) in [5, 5.41) is 16.6. The van der Waals surface area contributed by atoms with Crippen LogP contribution in [0.1, 0.15) is 19.8 Å². The fourth-order valence-electron chi connectivity index (χ4n) is 1.75. The minimum absolute atomic E-state index is 0. The van der Waals surface area contributed by atoms with Crippen LogP contribution in [0, 0.1) is 0 Å². The fraction of sp³-hybridized carbons (Fsp3) is 0.917. The first-order valence-corrected chi connectivity index (χ1v) is 6.51. The molecule has 0 unspecified atom stereocenters. The van der Waals surface area contributed by atoms with Crippen LogP contribution in [-0.4, -0.2) is 63.2 Å². The van der Waals surface area contributed by atoms with Gasteiger partial charge in [0.05, 0.1) is 18.8 Å². The summed E-state index contributed by atoms with van der Waals surface area (Å²) in [6.45, 7) is 5.75. The van der Waals surface area contributed by atoms with Crippen LogP contribution in [0.4, 0.5) is 0 Å². The van der Waals surface area contributed by atoms with Gasteiger partial charge < -0.3 is 25.2 Å². The summed E-state index contributed by atoms with van der Waals surface area (Å²) in [4.78, 5) is 4.41. The number of nitrogens with one attached hydrogen (secondary N) is 2. The third-order valence-corrected chi connectivity index (χ3v) is 2.90. The van der Waals surface area contributed by atoms with E-state index < -0.39 is 5.60 Å². The summed E-state index contributed by atoms with van der Waals surface area (Å²) >= 11 is 0. The van der Waals surface area contributed by atoms with Gasteiger partial charge in [0.15, 0.2) is 5.96 Å². The van der Waals surface area contributed by atoms with E-state index in [-0.39, 0.29) is 24.0 Å². The summed E-state index contributed by atoms with van der Waals surface area (Å²) < 4.78 is 10.2. The molecular weight excluding hydrogens is 361 g/mol. The molecule has 0 bridgehead atoms. The quantitative estimate of drug-likeness (QED) is 0.266. The molecule has 0 aliphatic carbocycles. The lowest BCUT2D eigenvalue weighted by Gasteiger charge is -2.30. The van der Waals surface area contributed by atoms with E-state index in [1.54, 1.807) is 7.11 Å². The zero-order valence-electron chi connectivity index (χ0n) is 11.8. The smallest absolute Gasteiger partial charge is 0.191 e. The van der Waals surface area contributed by atoms with E-state index in [1.165, 1.54) is 0 Å². The van der Waals surface area contributed by atoms with Crippen molar-refractivity contribution in [2.75, 3.05) is 46.6 Å². The summed E-state index contributed by atoms with van der Waals surface area (Å²) in [6.07, 6.45) is 1.29. The number of guanidine groups is 1. The maximum Gasteiger partial charge on any atom is 0.191 e. The maximum atomic E-state index is 10.3. The van der Waals surface area contributed by atoms with Gasteiger partial charge in [-0.3, -0.25) is 4.99 Å². The minimum Gasteiger partial charge on any atom is -0.388 e. The Balaban J connectivity index is 0.00000324. The second kappa shape index (κ2) is 10.6. The summed E-state index contributed by atoms with van der Waals surface area (Å²) in [7, 11) is 1.66. The van der Waals surface area contributed by atoms with Gasteiger partial charge >= 0.3 is 0 Å². The van der Waals surface area contributed by atoms with Crippen molar-refractivity contribution in [1.29, 1.82) is 0 Å². The van der Waals surface area contributed by atoms with Crippen molar-refractivity contribution < 1.29 is 14.6 Å². The van der Waals surface area contributed by atoms with E-state index in [9.17, 15) is 5.11 Å². The molecule has 0 aromatic carbocycles. The molecular formula is C12H26IN3O3. The third-order valence-electron chi connectivity index (χ3n) is 2.90. The van der Waals surface area contributed by atoms with E-state index in [4.69, 9.17) is 9.47 Å². The van der Waals surface area contributed by atoms with Crippen molar-refractivity contribution in [3.63, 3.8) is 0 Å². The average Bonchev–Trinajstić information content (AvgIpc) is 2.37. The molecule has 0 atom stereocenters. The molecule has 0 amide bonds. The van der Waals surface area contributed by atoms with Crippen molar-refractivity contribution in [1.82, 2.24) is 10.6 Å². The Bertz CT molecular complexity index is 259. The molecule has 1 aliphatic rings. The van der Waals surface area contributed by atoms with Gasteiger partial charge in [-0.1, -0.05) is 0 Å². The van der Waals surface area contributed by atoms with Crippen molar-refractivity contribution >= 4 is 29.9 Å². The molecule has 1 rings (SSSR count). The van der Waals surface area contributed by atoms with E-state index in [0.717, 1.165) is 12.5 Å². The van der Waals surface area contributed by atoms with Crippen LogP contribution in [0.5, 0.6) is 0 Å². The van der Waals surface area contributed by atoms with Gasteiger partial charge in [0.1, 0.15) is 0 Å². The van der Waals surface area contributed by atoms with Crippen LogP contribution in [0.3, 0.4) is 0 Å². The molecule has 0 spiro atoms. The highest BCUT2D eigenvalue weighted by Gasteiger charge is 2.29. The number of ether oxygens (including phenoxy) is 2. The molecule has 0 radical (unpaired) electrons. The summed E-state index contributed by atoms with van der Waals surface area (Å²) in [5.41, 5.74) is -0.720. The van der Waals surface area contributed by atoms with Crippen LogP contribution >= 0.6 is 24.0 Å². The SMILES string of the molecule is CCNC(=NCC1(O)CCOCC1)NCCOC.I. The molecule has 7 heteroatoms. The number of aliphatic hydroxyl groups is 1. The first-order chi connectivity index (χ1) is 8.70. The standard InChI is InChI=1S/C12H25N3O3.HI/c1-3-13-11(14-6-9-17-2)15-10-12(16)4-7-18-8-5-12;/h16H,3-10H2,1-2H3,(H2,13,14,15);1H. The van der Waals surface area contributed by atoms with Crippen LogP contribution in [0.15, 0.2) is 4.99 Å². The van der Waals surface area contributed by atoms with Crippen LogP contribution in [0.2, 0.25) is 0 Å². The number of rotatable bonds is 6. The average molecular weight is 387 g/mol. The number of hydrogen-bond acceptors (Lipinski definition) is 4. The first kappa shape index (κ1) is 18.9. The van der Waals surface area contributed by atoms with Gasteiger partial charge in [0, 0.05) is 46.3 Å². The topological polar surface area (TPSA) is 75.1 Å². The monoisotopic (exact) mass is 387 g/mol. The molecule has 0 aromatic rings. The van der Waals surface area contributed by atoms with Gasteiger partial charge in [-0.15, -0.1) is 24.0 Å². The largest absolute Gasteiger partial charge is 0.388 e. The Morgan fingerprint density at radius 2 is 2.05 bits per heavy atom. The minimum atomic E-state index is -0.720. The number of aliphatic imine (C=N–C) groups is 1. The lowest BCUT2D eigenvalue weighted by molar-refractivity contribution is -0.0565. The molecule has 114 valence electrons. The summed E-state index contributed by atoms with van der Waals surface area (Å²) in [6, 6.07) is 0. The van der Waals surface area contributed by atoms with E-state index in [1.807, 2.05) is 6.92 Å². The van der Waals surface area contributed by atoms with Gasteiger partial charge in [0.2, 0.25) is 0 Å². The predicted molar refractivity (Wildman–Crippen MR) is 86.3 cm³/mol. The molecule has 0 aromatic heterocycles. The van der Waals surface area contributed by atoms with E-state index in [0.29, 0.717) is 45.8 Å². The van der Waals surface area contributed by atoms with Gasteiger partial charge in [0.25, 0.3) is 0 Å². The van der Waals surface area contributed by atoms with Gasteiger partial charge in [-0.25, -0.2) is 0 Å². The van der Waals surface area contributed by atoms with Crippen molar-refractivity contribution in [2.24, 2.45) is 4.99 Å². The van der Waals surface area contributed by atoms with Crippen molar-refractivity contribution in [2.45, 2.75) is 25.4 Å². The Kier molecular flexibility index (Phi) is 10.6. The highest BCUT2D eigenvalue weighted by molar-refractivity contribution is 14.0. The molecule has 0 saturated carbocycles. The zero-order chi connectivity index (χ0) is 13.3. The third kappa shape index (κ3) is 7.91. The fourth-order valence-corrected chi connectivity index (χ4v) is 1.75. The van der Waals surface area contributed by atoms with Crippen LogP contribution in [-0.2, 0) is 9.47 Å². The van der Waals surface area contributed by atoms with Crippen molar-refractivity contribution in [3.8, 4) is 0 Å². The number of methoxy groups -OCH3 is 1. The highest BCUT2D eigenvalue weighted by atomic mass is 127. The molecule has 1 aliphatic heterocycles. The lowest BCUT2D eigenvalue weighted by atomic mass is 9.95. The van der Waals surface area contributed by atoms with Crippen LogP contribution in [0.25, 0.3) is 0 Å². The van der Waals surface area contributed by atoms with Crippen molar-refractivity contribution in [3.05, 3.63) is 0 Å².